The summed E-state index contributed by atoms with van der Waals surface area (Å²) in [6.07, 6.45) is 4.73. The van der Waals surface area contributed by atoms with Gasteiger partial charge in [-0.25, -0.2) is 4.79 Å². The number of carbonyl (C=O) groups is 1. The summed E-state index contributed by atoms with van der Waals surface area (Å²) in [6.45, 7) is 8.03. The number of benzene rings is 1. The number of unbranched alkanes of at least 4 members (excludes halogenated alkanes) is 2. The van der Waals surface area contributed by atoms with Gasteiger partial charge in [0.05, 0.1) is 12.3 Å². The van der Waals surface area contributed by atoms with Gasteiger partial charge in [-0.2, -0.15) is 0 Å². The first-order valence-electron chi connectivity index (χ1n) is 9.14. The van der Waals surface area contributed by atoms with E-state index in [2.05, 4.69) is 24.1 Å². The molecule has 0 aliphatic carbocycles. The molecule has 1 aliphatic rings. The average Bonchev–Trinajstić information content (AvgIpc) is 2.60. The van der Waals surface area contributed by atoms with E-state index in [4.69, 9.17) is 9.47 Å². The van der Waals surface area contributed by atoms with Gasteiger partial charge in [-0.3, -0.25) is 5.32 Å². The van der Waals surface area contributed by atoms with E-state index < -0.39 is 6.09 Å². The second kappa shape index (κ2) is 12.0. The lowest BCUT2D eigenvalue weighted by Gasteiger charge is -2.30. The van der Waals surface area contributed by atoms with Crippen LogP contribution in [0.2, 0.25) is 0 Å². The van der Waals surface area contributed by atoms with Crippen LogP contribution in [0.5, 0.6) is 5.75 Å². The zero-order chi connectivity index (χ0) is 17.2. The van der Waals surface area contributed by atoms with Gasteiger partial charge >= 0.3 is 6.09 Å². The van der Waals surface area contributed by atoms with Gasteiger partial charge in [0.2, 0.25) is 0 Å². The molecule has 0 radical (unpaired) electrons. The first-order chi connectivity index (χ1) is 11.7. The van der Waals surface area contributed by atoms with Crippen LogP contribution in [0.25, 0.3) is 0 Å². The van der Waals surface area contributed by atoms with Crippen molar-refractivity contribution in [2.45, 2.75) is 52.1 Å². The molecule has 0 bridgehead atoms. The number of likely N-dealkylation sites (tertiary alicyclic amines) is 1. The van der Waals surface area contributed by atoms with Crippen LogP contribution in [-0.4, -0.2) is 43.3 Å². The van der Waals surface area contributed by atoms with Gasteiger partial charge in [0.25, 0.3) is 0 Å². The summed E-state index contributed by atoms with van der Waals surface area (Å²) in [5, 5.41) is 2.82. The number of nitrogens with one attached hydrogen (secondary N) is 1. The Balaban J connectivity index is 0.00000312. The molecular weight excluding hydrogens is 340 g/mol. The van der Waals surface area contributed by atoms with Crippen LogP contribution in [0.1, 0.15) is 46.0 Å². The number of halogens is 1. The maximum atomic E-state index is 12.2. The van der Waals surface area contributed by atoms with E-state index in [1.807, 2.05) is 24.3 Å². The molecule has 1 N–H and O–H groups in total. The minimum Gasteiger partial charge on any atom is -0.491 e. The molecule has 142 valence electrons. The smallest absolute Gasteiger partial charge is 0.412 e. The van der Waals surface area contributed by atoms with Crippen LogP contribution < -0.4 is 10.1 Å². The Kier molecular flexibility index (Phi) is 10.3. The van der Waals surface area contributed by atoms with Gasteiger partial charge < -0.3 is 14.4 Å². The topological polar surface area (TPSA) is 50.8 Å². The lowest BCUT2D eigenvalue weighted by atomic mass is 10.1. The number of nitrogens with zero attached hydrogens (tertiary/aromatic N) is 1. The number of amides is 1. The van der Waals surface area contributed by atoms with Crippen molar-refractivity contribution in [1.29, 1.82) is 0 Å². The van der Waals surface area contributed by atoms with Crippen molar-refractivity contribution in [2.24, 2.45) is 0 Å². The van der Waals surface area contributed by atoms with E-state index in [-0.39, 0.29) is 18.5 Å². The number of carbonyl (C=O) groups excluding carboxylic acids is 1. The second-order valence-corrected chi connectivity index (χ2v) is 6.22. The largest absolute Gasteiger partial charge is 0.491 e. The summed E-state index contributed by atoms with van der Waals surface area (Å²) in [6, 6.07) is 7.51. The van der Waals surface area contributed by atoms with Crippen LogP contribution in [0, 0.1) is 0 Å². The molecule has 0 atom stereocenters. The van der Waals surface area contributed by atoms with E-state index in [0.717, 1.165) is 51.7 Å². The molecule has 1 aliphatic heterocycles. The van der Waals surface area contributed by atoms with Gasteiger partial charge in [-0.05, 0) is 37.9 Å². The van der Waals surface area contributed by atoms with Gasteiger partial charge in [-0.1, -0.05) is 38.8 Å². The number of hydrogen-bond acceptors (Lipinski definition) is 4. The minimum atomic E-state index is -0.394. The summed E-state index contributed by atoms with van der Waals surface area (Å²) in [4.78, 5) is 14.5. The number of hydrogen-bond donors (Lipinski definition) is 1. The Labute approximate surface area is 157 Å². The third-order valence-electron chi connectivity index (χ3n) is 4.38. The molecule has 0 spiro atoms. The first-order valence-corrected chi connectivity index (χ1v) is 9.14. The fraction of sp³-hybridized carbons (Fsp3) is 0.632. The predicted octanol–water partition coefficient (Wildman–Crippen LogP) is 4.71. The zero-order valence-electron chi connectivity index (χ0n) is 15.3. The van der Waals surface area contributed by atoms with E-state index >= 15 is 0 Å². The molecule has 6 heteroatoms. The molecule has 5 nitrogen and oxygen atoms in total. The van der Waals surface area contributed by atoms with Crippen molar-refractivity contribution >= 4 is 24.2 Å². The molecular formula is C19H31ClN2O3. The zero-order valence-corrected chi connectivity index (χ0v) is 16.1. The highest BCUT2D eigenvalue weighted by Gasteiger charge is 2.21. The molecule has 0 unspecified atom stereocenters. The summed E-state index contributed by atoms with van der Waals surface area (Å²) < 4.78 is 11.3. The van der Waals surface area contributed by atoms with Crippen molar-refractivity contribution in [3.63, 3.8) is 0 Å². The Hall–Kier alpha value is -1.46. The fourth-order valence-electron chi connectivity index (χ4n) is 2.86. The van der Waals surface area contributed by atoms with Crippen molar-refractivity contribution in [3.8, 4) is 5.75 Å². The third kappa shape index (κ3) is 7.53. The van der Waals surface area contributed by atoms with E-state index in [1.54, 1.807) is 0 Å². The Morgan fingerprint density at radius 2 is 1.92 bits per heavy atom. The highest BCUT2D eigenvalue weighted by atomic mass is 35.5. The van der Waals surface area contributed by atoms with Gasteiger partial charge in [0, 0.05) is 13.1 Å². The van der Waals surface area contributed by atoms with Crippen LogP contribution >= 0.6 is 12.4 Å². The summed E-state index contributed by atoms with van der Waals surface area (Å²) >= 11 is 0. The Morgan fingerprint density at radius 1 is 1.20 bits per heavy atom. The Bertz CT molecular complexity index is 505. The number of rotatable bonds is 8. The first kappa shape index (κ1) is 21.6. The molecule has 0 aromatic heterocycles. The lowest BCUT2D eigenvalue weighted by Crippen LogP contribution is -2.38. The second-order valence-electron chi connectivity index (χ2n) is 6.22. The number of piperidine rings is 1. The van der Waals surface area contributed by atoms with E-state index in [9.17, 15) is 4.79 Å². The molecule has 1 saturated heterocycles. The van der Waals surface area contributed by atoms with Crippen molar-refractivity contribution < 1.29 is 14.3 Å². The maximum Gasteiger partial charge on any atom is 0.412 e. The van der Waals surface area contributed by atoms with Crippen molar-refractivity contribution in [1.82, 2.24) is 4.90 Å². The van der Waals surface area contributed by atoms with Gasteiger partial charge in [0.1, 0.15) is 11.9 Å². The van der Waals surface area contributed by atoms with Crippen molar-refractivity contribution in [3.05, 3.63) is 24.3 Å². The third-order valence-corrected chi connectivity index (χ3v) is 4.38. The van der Waals surface area contributed by atoms with Crippen LogP contribution in [0.3, 0.4) is 0 Å². The van der Waals surface area contributed by atoms with Crippen LogP contribution in [-0.2, 0) is 4.74 Å². The minimum absolute atomic E-state index is 0. The average molecular weight is 371 g/mol. The predicted molar refractivity (Wildman–Crippen MR) is 104 cm³/mol. The summed E-state index contributed by atoms with van der Waals surface area (Å²) in [5.74, 6) is 0.700. The molecule has 25 heavy (non-hydrogen) atoms. The maximum absolute atomic E-state index is 12.2. The van der Waals surface area contributed by atoms with Crippen LogP contribution in [0.4, 0.5) is 10.5 Å². The normalized spacial score (nSPS) is 15.3. The van der Waals surface area contributed by atoms with Crippen molar-refractivity contribution in [2.75, 3.05) is 31.6 Å². The molecule has 1 amide bonds. The SMILES string of the molecule is CCCCCOc1ccccc1NC(=O)OC1CCN(CC)CC1.Cl. The molecule has 0 saturated carbocycles. The summed E-state index contributed by atoms with van der Waals surface area (Å²) in [5.41, 5.74) is 0.671. The molecule has 1 fully saturated rings. The molecule has 1 heterocycles. The molecule has 1 aromatic rings. The molecule has 2 rings (SSSR count). The molecule has 1 aromatic carbocycles. The highest BCUT2D eigenvalue weighted by Crippen LogP contribution is 2.24. The van der Waals surface area contributed by atoms with Gasteiger partial charge in [0.15, 0.2) is 0 Å². The lowest BCUT2D eigenvalue weighted by molar-refractivity contribution is 0.0605. The number of para-hydroxylation sites is 2. The quantitative estimate of drug-likeness (QED) is 0.673. The standard InChI is InChI=1S/C19H30N2O3.ClH/c1-3-5-8-15-23-18-10-7-6-9-17(18)20-19(22)24-16-11-13-21(4-2)14-12-16;/h6-7,9-10,16H,3-5,8,11-15H2,1-2H3,(H,20,22);1H. The number of anilines is 1. The fourth-order valence-corrected chi connectivity index (χ4v) is 2.86. The Morgan fingerprint density at radius 3 is 2.60 bits per heavy atom. The number of ether oxygens (including phenoxy) is 2. The van der Waals surface area contributed by atoms with E-state index in [0.29, 0.717) is 18.0 Å². The highest BCUT2D eigenvalue weighted by molar-refractivity contribution is 5.86. The summed E-state index contributed by atoms with van der Waals surface area (Å²) in [7, 11) is 0. The van der Waals surface area contributed by atoms with Crippen LogP contribution in [0.15, 0.2) is 24.3 Å². The van der Waals surface area contributed by atoms with E-state index in [1.165, 1.54) is 0 Å². The van der Waals surface area contributed by atoms with Gasteiger partial charge in [-0.15, -0.1) is 12.4 Å². The monoisotopic (exact) mass is 370 g/mol.